The highest BCUT2D eigenvalue weighted by Crippen LogP contribution is 2.30. The summed E-state index contributed by atoms with van der Waals surface area (Å²) < 4.78 is 25.3. The molecular formula is C18H27N3O3S. The van der Waals surface area contributed by atoms with Gasteiger partial charge in [-0.15, -0.1) is 0 Å². The molecule has 2 aliphatic heterocycles. The Balaban J connectivity index is 1.83. The Morgan fingerprint density at radius 3 is 2.72 bits per heavy atom. The number of nitrogens with two attached hydrogens (primary N) is 1. The van der Waals surface area contributed by atoms with Gasteiger partial charge in [0.05, 0.1) is 11.9 Å². The Morgan fingerprint density at radius 1 is 1.28 bits per heavy atom. The van der Waals surface area contributed by atoms with E-state index in [4.69, 9.17) is 5.73 Å². The molecule has 0 radical (unpaired) electrons. The number of aryl methyl sites for hydroxylation is 1. The van der Waals surface area contributed by atoms with Crippen LogP contribution in [-0.2, 0) is 16.4 Å². The van der Waals surface area contributed by atoms with E-state index in [0.29, 0.717) is 30.3 Å². The predicted octanol–water partition coefficient (Wildman–Crippen LogP) is 1.60. The second-order valence-electron chi connectivity index (χ2n) is 7.29. The zero-order valence-corrected chi connectivity index (χ0v) is 15.8. The molecular weight excluding hydrogens is 338 g/mol. The highest BCUT2D eigenvalue weighted by atomic mass is 32.2. The van der Waals surface area contributed by atoms with Crippen molar-refractivity contribution in [3.63, 3.8) is 0 Å². The number of carbonyl (C=O) groups excluding carboxylic acids is 1. The molecule has 1 aromatic carbocycles. The van der Waals surface area contributed by atoms with Gasteiger partial charge in [-0.25, -0.2) is 8.42 Å². The fraction of sp³-hybridized carbons (Fsp3) is 0.611. The lowest BCUT2D eigenvalue weighted by Gasteiger charge is -2.35. The van der Waals surface area contributed by atoms with Crippen LogP contribution in [0.4, 0.5) is 5.69 Å². The van der Waals surface area contributed by atoms with Crippen LogP contribution in [0.3, 0.4) is 0 Å². The largest absolute Gasteiger partial charge is 0.338 e. The molecule has 7 heteroatoms. The number of fused-ring (bicyclic) bond motifs is 1. The van der Waals surface area contributed by atoms with Crippen molar-refractivity contribution >= 4 is 21.6 Å². The number of likely N-dealkylation sites (tertiary alicyclic amines) is 1. The predicted molar refractivity (Wildman–Crippen MR) is 99.2 cm³/mol. The Kier molecular flexibility index (Phi) is 5.06. The molecule has 2 atom stereocenters. The smallest absolute Gasteiger partial charge is 0.253 e. The van der Waals surface area contributed by atoms with Gasteiger partial charge >= 0.3 is 0 Å². The van der Waals surface area contributed by atoms with Gasteiger partial charge in [0.2, 0.25) is 10.0 Å². The summed E-state index contributed by atoms with van der Waals surface area (Å²) in [5.41, 5.74) is 8.29. The first-order valence-corrected chi connectivity index (χ1v) is 10.8. The van der Waals surface area contributed by atoms with Crippen LogP contribution in [-0.4, -0.2) is 51.2 Å². The third kappa shape index (κ3) is 3.82. The minimum Gasteiger partial charge on any atom is -0.338 e. The Bertz CT molecular complexity index is 761. The number of hydrogen-bond donors (Lipinski definition) is 1. The second-order valence-corrected chi connectivity index (χ2v) is 9.20. The van der Waals surface area contributed by atoms with Gasteiger partial charge in [-0.05, 0) is 62.3 Å². The van der Waals surface area contributed by atoms with E-state index in [1.807, 2.05) is 17.9 Å². The van der Waals surface area contributed by atoms with Crippen molar-refractivity contribution in [2.75, 3.05) is 30.2 Å². The number of rotatable bonds is 3. The van der Waals surface area contributed by atoms with Crippen molar-refractivity contribution in [2.24, 2.45) is 11.7 Å². The van der Waals surface area contributed by atoms with E-state index in [1.165, 1.54) is 10.6 Å². The average molecular weight is 365 g/mol. The van der Waals surface area contributed by atoms with E-state index in [1.54, 1.807) is 12.1 Å². The SMILES string of the molecule is C[C@@H](N)[C@@H]1CCCN(C(=O)c2ccc3c(c2)CCCN3S(C)(=O)=O)C1. The van der Waals surface area contributed by atoms with Crippen LogP contribution in [0.25, 0.3) is 0 Å². The van der Waals surface area contributed by atoms with Gasteiger partial charge in [-0.2, -0.15) is 0 Å². The molecule has 0 saturated carbocycles. The molecule has 25 heavy (non-hydrogen) atoms. The van der Waals surface area contributed by atoms with Crippen LogP contribution >= 0.6 is 0 Å². The monoisotopic (exact) mass is 365 g/mol. The molecule has 0 spiro atoms. The first-order valence-electron chi connectivity index (χ1n) is 8.93. The standard InChI is InChI=1S/C18H27N3O3S/c1-13(19)16-6-3-9-20(12-16)18(22)15-7-8-17-14(11-15)5-4-10-21(17)25(2,23)24/h7-8,11,13,16H,3-6,9-10,12,19H2,1-2H3/t13-,16-/m1/s1. The lowest BCUT2D eigenvalue weighted by molar-refractivity contribution is 0.0661. The van der Waals surface area contributed by atoms with Crippen LogP contribution in [0.1, 0.15) is 42.1 Å². The maximum atomic E-state index is 12.9. The van der Waals surface area contributed by atoms with Gasteiger partial charge in [0.25, 0.3) is 5.91 Å². The fourth-order valence-electron chi connectivity index (χ4n) is 3.85. The van der Waals surface area contributed by atoms with Crippen LogP contribution in [0.5, 0.6) is 0 Å². The highest BCUT2D eigenvalue weighted by molar-refractivity contribution is 7.92. The Labute approximate surface area is 150 Å². The fourth-order valence-corrected chi connectivity index (χ4v) is 4.84. The molecule has 1 aromatic rings. The van der Waals surface area contributed by atoms with Crippen LogP contribution in [0.15, 0.2) is 18.2 Å². The van der Waals surface area contributed by atoms with E-state index < -0.39 is 10.0 Å². The van der Waals surface area contributed by atoms with E-state index >= 15 is 0 Å². The molecule has 2 heterocycles. The van der Waals surface area contributed by atoms with Gasteiger partial charge in [0.1, 0.15) is 0 Å². The molecule has 1 fully saturated rings. The highest BCUT2D eigenvalue weighted by Gasteiger charge is 2.28. The Morgan fingerprint density at radius 2 is 2.04 bits per heavy atom. The summed E-state index contributed by atoms with van der Waals surface area (Å²) in [6.45, 7) is 3.95. The quantitative estimate of drug-likeness (QED) is 0.882. The van der Waals surface area contributed by atoms with E-state index in [2.05, 4.69) is 0 Å². The zero-order valence-electron chi connectivity index (χ0n) is 14.9. The number of sulfonamides is 1. The number of benzene rings is 1. The molecule has 0 aliphatic carbocycles. The molecule has 1 saturated heterocycles. The second kappa shape index (κ2) is 6.96. The van der Waals surface area contributed by atoms with Crippen molar-refractivity contribution in [3.8, 4) is 0 Å². The van der Waals surface area contributed by atoms with Crippen LogP contribution < -0.4 is 10.0 Å². The molecule has 0 bridgehead atoms. The minimum atomic E-state index is -3.29. The van der Waals surface area contributed by atoms with Crippen molar-refractivity contribution in [1.82, 2.24) is 4.90 Å². The first kappa shape index (κ1) is 18.2. The van der Waals surface area contributed by atoms with Gasteiger partial charge in [0, 0.05) is 31.2 Å². The summed E-state index contributed by atoms with van der Waals surface area (Å²) >= 11 is 0. The van der Waals surface area contributed by atoms with E-state index in [9.17, 15) is 13.2 Å². The Hall–Kier alpha value is -1.60. The van der Waals surface area contributed by atoms with Crippen molar-refractivity contribution in [3.05, 3.63) is 29.3 Å². The topological polar surface area (TPSA) is 83.7 Å². The number of anilines is 1. The third-order valence-electron chi connectivity index (χ3n) is 5.29. The van der Waals surface area contributed by atoms with Crippen molar-refractivity contribution in [2.45, 2.75) is 38.6 Å². The molecule has 1 amide bonds. The minimum absolute atomic E-state index is 0.0182. The summed E-state index contributed by atoms with van der Waals surface area (Å²) in [5.74, 6) is 0.362. The summed E-state index contributed by atoms with van der Waals surface area (Å²) in [7, 11) is -3.29. The summed E-state index contributed by atoms with van der Waals surface area (Å²) in [5, 5.41) is 0. The number of piperidine rings is 1. The summed E-state index contributed by atoms with van der Waals surface area (Å²) in [6, 6.07) is 5.47. The number of nitrogens with zero attached hydrogens (tertiary/aromatic N) is 2. The molecule has 2 aliphatic rings. The molecule has 2 N–H and O–H groups in total. The van der Waals surface area contributed by atoms with E-state index in [-0.39, 0.29) is 11.9 Å². The number of hydrogen-bond acceptors (Lipinski definition) is 4. The lowest BCUT2D eigenvalue weighted by atomic mass is 9.91. The molecule has 0 aromatic heterocycles. The van der Waals surface area contributed by atoms with Gasteiger partial charge in [-0.1, -0.05) is 0 Å². The normalized spacial score (nSPS) is 22.4. The molecule has 3 rings (SSSR count). The van der Waals surface area contributed by atoms with Crippen LogP contribution in [0, 0.1) is 5.92 Å². The number of amides is 1. The van der Waals surface area contributed by atoms with Gasteiger partial charge in [-0.3, -0.25) is 9.10 Å². The van der Waals surface area contributed by atoms with Gasteiger partial charge < -0.3 is 10.6 Å². The van der Waals surface area contributed by atoms with Crippen molar-refractivity contribution in [1.29, 1.82) is 0 Å². The molecule has 6 nitrogen and oxygen atoms in total. The average Bonchev–Trinajstić information content (AvgIpc) is 2.59. The first-order chi connectivity index (χ1) is 11.8. The maximum absolute atomic E-state index is 12.9. The molecule has 0 unspecified atom stereocenters. The third-order valence-corrected chi connectivity index (χ3v) is 6.47. The summed E-state index contributed by atoms with van der Waals surface area (Å²) in [6.07, 6.45) is 4.84. The lowest BCUT2D eigenvalue weighted by Crippen LogP contribution is -2.45. The van der Waals surface area contributed by atoms with Gasteiger partial charge in [0.15, 0.2) is 0 Å². The number of carbonyl (C=O) groups is 1. The van der Waals surface area contributed by atoms with Crippen LogP contribution in [0.2, 0.25) is 0 Å². The maximum Gasteiger partial charge on any atom is 0.253 e. The van der Waals surface area contributed by atoms with Crippen molar-refractivity contribution < 1.29 is 13.2 Å². The summed E-state index contributed by atoms with van der Waals surface area (Å²) in [4.78, 5) is 14.8. The van der Waals surface area contributed by atoms with E-state index in [0.717, 1.165) is 37.8 Å². The molecule has 138 valence electrons. The zero-order chi connectivity index (χ0) is 18.2.